The molecule has 4 nitrogen and oxygen atoms in total. The summed E-state index contributed by atoms with van der Waals surface area (Å²) < 4.78 is 0. The van der Waals surface area contributed by atoms with Gasteiger partial charge < -0.3 is 10.3 Å². The van der Waals surface area contributed by atoms with E-state index in [-0.39, 0.29) is 0 Å². The molecule has 0 saturated carbocycles. The van der Waals surface area contributed by atoms with E-state index in [0.717, 1.165) is 22.7 Å². The lowest BCUT2D eigenvalue weighted by atomic mass is 10.2. The molecule has 0 bridgehead atoms. The lowest BCUT2D eigenvalue weighted by Gasteiger charge is -2.05. The van der Waals surface area contributed by atoms with Gasteiger partial charge in [0.05, 0.1) is 17.2 Å². The molecule has 84 valence electrons. The topological polar surface area (TPSA) is 53.6 Å². The van der Waals surface area contributed by atoms with E-state index in [4.69, 9.17) is 0 Å². The van der Waals surface area contributed by atoms with Crippen molar-refractivity contribution in [3.05, 3.63) is 48.3 Å². The number of aromatic amines is 1. The largest absolute Gasteiger partial charge is 0.326 e. The number of hydrogen-bond donors (Lipinski definition) is 2. The van der Waals surface area contributed by atoms with E-state index in [0.29, 0.717) is 0 Å². The zero-order valence-electron chi connectivity index (χ0n) is 9.44. The summed E-state index contributed by atoms with van der Waals surface area (Å²) in [5, 5.41) is 3.27. The molecule has 0 amide bonds. The molecule has 2 aromatic heterocycles. The van der Waals surface area contributed by atoms with E-state index >= 15 is 0 Å². The molecule has 0 unspecified atom stereocenters. The van der Waals surface area contributed by atoms with Gasteiger partial charge >= 0.3 is 0 Å². The first-order valence-corrected chi connectivity index (χ1v) is 5.45. The predicted molar refractivity (Wildman–Crippen MR) is 68.4 cm³/mol. The first-order valence-electron chi connectivity index (χ1n) is 5.45. The third-order valence-electron chi connectivity index (χ3n) is 2.68. The highest BCUT2D eigenvalue weighted by Gasteiger charge is 2.03. The summed E-state index contributed by atoms with van der Waals surface area (Å²) in [6.07, 6.45) is 3.51. The van der Waals surface area contributed by atoms with Gasteiger partial charge in [-0.05, 0) is 24.6 Å². The van der Waals surface area contributed by atoms with Gasteiger partial charge in [-0.25, -0.2) is 4.98 Å². The number of aryl methyl sites for hydroxylation is 1. The van der Waals surface area contributed by atoms with Gasteiger partial charge in [0, 0.05) is 11.9 Å². The first kappa shape index (κ1) is 9.84. The van der Waals surface area contributed by atoms with Gasteiger partial charge in [0.1, 0.15) is 0 Å². The van der Waals surface area contributed by atoms with Gasteiger partial charge in [-0.15, -0.1) is 0 Å². The Morgan fingerprint density at radius 3 is 2.88 bits per heavy atom. The SMILES string of the molecule is Cc1ccccc1Nc1nc2ccncc2[nH]1. The maximum atomic E-state index is 4.44. The van der Waals surface area contributed by atoms with Crippen LogP contribution in [0.2, 0.25) is 0 Å². The van der Waals surface area contributed by atoms with Crippen molar-refractivity contribution < 1.29 is 0 Å². The van der Waals surface area contributed by atoms with Crippen molar-refractivity contribution in [2.24, 2.45) is 0 Å². The number of H-pyrrole nitrogens is 1. The average Bonchev–Trinajstić information content (AvgIpc) is 2.74. The monoisotopic (exact) mass is 224 g/mol. The fourth-order valence-electron chi connectivity index (χ4n) is 1.76. The Kier molecular flexibility index (Phi) is 2.26. The summed E-state index contributed by atoms with van der Waals surface area (Å²) in [5.74, 6) is 0.738. The van der Waals surface area contributed by atoms with Gasteiger partial charge in [0.15, 0.2) is 0 Å². The molecule has 0 aliphatic carbocycles. The normalized spacial score (nSPS) is 10.6. The molecule has 0 saturated heterocycles. The molecular weight excluding hydrogens is 212 g/mol. The summed E-state index contributed by atoms with van der Waals surface area (Å²) in [6.45, 7) is 2.06. The smallest absolute Gasteiger partial charge is 0.205 e. The van der Waals surface area contributed by atoms with Crippen molar-refractivity contribution in [2.45, 2.75) is 6.92 Å². The van der Waals surface area contributed by atoms with Crippen molar-refractivity contribution in [3.63, 3.8) is 0 Å². The van der Waals surface area contributed by atoms with E-state index in [2.05, 4.69) is 33.3 Å². The fourth-order valence-corrected chi connectivity index (χ4v) is 1.76. The Balaban J connectivity index is 1.98. The molecule has 3 rings (SSSR count). The van der Waals surface area contributed by atoms with E-state index in [1.165, 1.54) is 5.56 Å². The molecule has 0 spiro atoms. The van der Waals surface area contributed by atoms with Crippen molar-refractivity contribution >= 4 is 22.7 Å². The van der Waals surface area contributed by atoms with Crippen LogP contribution in [0.4, 0.5) is 11.6 Å². The van der Waals surface area contributed by atoms with Crippen LogP contribution in [-0.4, -0.2) is 15.0 Å². The summed E-state index contributed by atoms with van der Waals surface area (Å²) in [6, 6.07) is 9.99. The van der Waals surface area contributed by atoms with Gasteiger partial charge in [-0.2, -0.15) is 0 Å². The van der Waals surface area contributed by atoms with Crippen LogP contribution < -0.4 is 5.32 Å². The molecule has 0 atom stereocenters. The average molecular weight is 224 g/mol. The fraction of sp³-hybridized carbons (Fsp3) is 0.0769. The number of anilines is 2. The van der Waals surface area contributed by atoms with Gasteiger partial charge in [-0.1, -0.05) is 18.2 Å². The van der Waals surface area contributed by atoms with E-state index in [9.17, 15) is 0 Å². The number of nitrogens with one attached hydrogen (secondary N) is 2. The van der Waals surface area contributed by atoms with Crippen LogP contribution >= 0.6 is 0 Å². The number of para-hydroxylation sites is 1. The van der Waals surface area contributed by atoms with Crippen LogP contribution in [0.25, 0.3) is 11.0 Å². The summed E-state index contributed by atoms with van der Waals surface area (Å²) in [5.41, 5.74) is 4.09. The predicted octanol–water partition coefficient (Wildman–Crippen LogP) is 3.01. The summed E-state index contributed by atoms with van der Waals surface area (Å²) >= 11 is 0. The van der Waals surface area contributed by atoms with Crippen LogP contribution in [0, 0.1) is 6.92 Å². The van der Waals surface area contributed by atoms with Gasteiger partial charge in [-0.3, -0.25) is 4.98 Å². The third kappa shape index (κ3) is 1.85. The minimum Gasteiger partial charge on any atom is -0.326 e. The van der Waals surface area contributed by atoms with Crippen molar-refractivity contribution in [2.75, 3.05) is 5.32 Å². The van der Waals surface area contributed by atoms with Gasteiger partial charge in [0.2, 0.25) is 5.95 Å². The highest BCUT2D eigenvalue weighted by molar-refractivity contribution is 5.77. The van der Waals surface area contributed by atoms with Crippen LogP contribution in [0.1, 0.15) is 5.56 Å². The molecule has 17 heavy (non-hydrogen) atoms. The molecule has 0 aliphatic rings. The number of fused-ring (bicyclic) bond motifs is 1. The Labute approximate surface area is 98.7 Å². The van der Waals surface area contributed by atoms with Crippen LogP contribution in [-0.2, 0) is 0 Å². The number of hydrogen-bond acceptors (Lipinski definition) is 3. The maximum Gasteiger partial charge on any atom is 0.205 e. The Hall–Kier alpha value is -2.36. The molecule has 1 aromatic carbocycles. The molecule has 3 aromatic rings. The molecule has 0 radical (unpaired) electrons. The quantitative estimate of drug-likeness (QED) is 0.703. The van der Waals surface area contributed by atoms with Crippen molar-refractivity contribution in [1.82, 2.24) is 15.0 Å². The lowest BCUT2D eigenvalue weighted by molar-refractivity contribution is 1.29. The van der Waals surface area contributed by atoms with Gasteiger partial charge in [0.25, 0.3) is 0 Å². The van der Waals surface area contributed by atoms with Crippen LogP contribution in [0.5, 0.6) is 0 Å². The number of rotatable bonds is 2. The number of pyridine rings is 1. The van der Waals surface area contributed by atoms with Crippen molar-refractivity contribution in [1.29, 1.82) is 0 Å². The third-order valence-corrected chi connectivity index (χ3v) is 2.68. The second-order valence-electron chi connectivity index (χ2n) is 3.92. The minimum absolute atomic E-state index is 0.738. The van der Waals surface area contributed by atoms with E-state index in [1.807, 2.05) is 24.3 Å². The molecular formula is C13H12N4. The van der Waals surface area contributed by atoms with Crippen molar-refractivity contribution in [3.8, 4) is 0 Å². The first-order chi connectivity index (χ1) is 8.33. The van der Waals surface area contributed by atoms with Crippen LogP contribution in [0.3, 0.4) is 0 Å². The lowest BCUT2D eigenvalue weighted by Crippen LogP contribution is -1.94. The molecule has 0 aliphatic heterocycles. The molecule has 0 fully saturated rings. The number of aromatic nitrogens is 3. The Morgan fingerprint density at radius 1 is 1.18 bits per heavy atom. The minimum atomic E-state index is 0.738. The second kappa shape index (κ2) is 3.90. The zero-order chi connectivity index (χ0) is 11.7. The van der Waals surface area contributed by atoms with E-state index < -0.39 is 0 Å². The Bertz CT molecular complexity index is 624. The number of nitrogens with zero attached hydrogens (tertiary/aromatic N) is 2. The highest BCUT2D eigenvalue weighted by Crippen LogP contribution is 2.19. The highest BCUT2D eigenvalue weighted by atomic mass is 15.1. The summed E-state index contributed by atoms with van der Waals surface area (Å²) in [4.78, 5) is 11.7. The molecule has 2 heterocycles. The van der Waals surface area contributed by atoms with E-state index in [1.54, 1.807) is 12.4 Å². The second-order valence-corrected chi connectivity index (χ2v) is 3.92. The number of benzene rings is 1. The zero-order valence-corrected chi connectivity index (χ0v) is 9.44. The standard InChI is InChI=1S/C13H12N4/c1-9-4-2-3-5-10(9)15-13-16-11-6-7-14-8-12(11)17-13/h2-8H,1H3,(H2,15,16,17). The molecule has 4 heteroatoms. The van der Waals surface area contributed by atoms with Crippen LogP contribution in [0.15, 0.2) is 42.7 Å². The number of imidazole rings is 1. The maximum absolute atomic E-state index is 4.44. The molecule has 2 N–H and O–H groups in total. The Morgan fingerprint density at radius 2 is 2.06 bits per heavy atom. The summed E-state index contributed by atoms with van der Waals surface area (Å²) in [7, 11) is 0.